The molecule has 0 saturated carbocycles. The van der Waals surface area contributed by atoms with Crippen LogP contribution in [0.4, 0.5) is 28.4 Å². The Balaban J connectivity index is 1.07. The molecule has 0 spiro atoms. The molecule has 3 aliphatic rings. The molecule has 0 unspecified atom stereocenters. The van der Waals surface area contributed by atoms with Crippen molar-refractivity contribution in [3.05, 3.63) is 210 Å². The minimum absolute atomic E-state index is 0.125. The molecule has 2 nitrogen and oxygen atoms in total. The van der Waals surface area contributed by atoms with Gasteiger partial charge in [-0.1, -0.05) is 167 Å². The first-order chi connectivity index (χ1) is 30.1. The van der Waals surface area contributed by atoms with Crippen molar-refractivity contribution in [3.63, 3.8) is 0 Å². The first-order valence-electron chi connectivity index (χ1n) is 21.9. The predicted molar refractivity (Wildman–Crippen MR) is 264 cm³/mol. The Morgan fingerprint density at radius 2 is 1.03 bits per heavy atom. The Labute approximate surface area is 365 Å². The van der Waals surface area contributed by atoms with Crippen molar-refractivity contribution in [3.8, 4) is 44.5 Å². The molecule has 0 atom stereocenters. The molecule has 295 valence electrons. The highest BCUT2D eigenvalue weighted by Crippen LogP contribution is 2.53. The van der Waals surface area contributed by atoms with E-state index in [-0.39, 0.29) is 10.8 Å². The van der Waals surface area contributed by atoms with Crippen molar-refractivity contribution in [2.45, 2.75) is 45.4 Å². The fourth-order valence-corrected chi connectivity index (χ4v) is 10.9. The van der Waals surface area contributed by atoms with E-state index in [1.165, 1.54) is 111 Å². The molecule has 1 heterocycles. The van der Waals surface area contributed by atoms with Gasteiger partial charge in [-0.2, -0.15) is 0 Å². The van der Waals surface area contributed by atoms with E-state index < -0.39 is 0 Å². The van der Waals surface area contributed by atoms with Gasteiger partial charge in [-0.25, -0.2) is 0 Å². The molecular formula is C59H46BN2. The second kappa shape index (κ2) is 13.5. The van der Waals surface area contributed by atoms with Gasteiger partial charge in [0.1, 0.15) is 0 Å². The van der Waals surface area contributed by atoms with Crippen LogP contribution >= 0.6 is 0 Å². The monoisotopic (exact) mass is 793 g/mol. The van der Waals surface area contributed by atoms with Crippen LogP contribution in [-0.4, -0.2) is 7.28 Å². The second-order valence-electron chi connectivity index (χ2n) is 18.6. The van der Waals surface area contributed by atoms with Gasteiger partial charge in [0, 0.05) is 44.8 Å². The lowest BCUT2D eigenvalue weighted by Crippen LogP contribution is -2.41. The van der Waals surface area contributed by atoms with Crippen LogP contribution in [0, 0.1) is 6.92 Å². The number of fused-ring (bicyclic) bond motifs is 9. The van der Waals surface area contributed by atoms with Gasteiger partial charge in [-0.3, -0.25) is 0 Å². The summed E-state index contributed by atoms with van der Waals surface area (Å²) in [6.45, 7) is 11.8. The highest BCUT2D eigenvalue weighted by molar-refractivity contribution is 6.73. The topological polar surface area (TPSA) is 15.3 Å². The van der Waals surface area contributed by atoms with Gasteiger partial charge in [-0.15, -0.1) is 0 Å². The number of aryl methyl sites for hydroxylation is 1. The van der Waals surface area contributed by atoms with E-state index in [4.69, 9.17) is 0 Å². The van der Waals surface area contributed by atoms with Gasteiger partial charge in [0.05, 0.1) is 0 Å². The van der Waals surface area contributed by atoms with Crippen LogP contribution in [0.1, 0.15) is 55.5 Å². The van der Waals surface area contributed by atoms with Crippen molar-refractivity contribution in [1.29, 1.82) is 0 Å². The molecule has 0 bridgehead atoms. The summed E-state index contributed by atoms with van der Waals surface area (Å²) in [5, 5.41) is 6.32. The normalized spacial score (nSPS) is 14.6. The first-order valence-corrected chi connectivity index (χ1v) is 21.9. The van der Waals surface area contributed by atoms with E-state index in [2.05, 4.69) is 234 Å². The van der Waals surface area contributed by atoms with Crippen molar-refractivity contribution >= 4 is 57.4 Å². The maximum Gasteiger partial charge on any atom is 0.197 e. The van der Waals surface area contributed by atoms with Crippen LogP contribution in [0.25, 0.3) is 55.3 Å². The van der Waals surface area contributed by atoms with Crippen LogP contribution in [0.5, 0.6) is 0 Å². The largest absolute Gasteiger partial charge is 0.355 e. The molecule has 9 aromatic rings. The molecule has 2 aliphatic carbocycles. The summed E-state index contributed by atoms with van der Waals surface area (Å²) in [5.41, 5.74) is 24.8. The lowest BCUT2D eigenvalue weighted by Gasteiger charge is -2.37. The van der Waals surface area contributed by atoms with Gasteiger partial charge in [0.25, 0.3) is 0 Å². The Morgan fingerprint density at radius 1 is 0.435 bits per heavy atom. The number of nitrogens with zero attached hydrogens (tertiary/aromatic N) is 1. The van der Waals surface area contributed by atoms with E-state index in [0.29, 0.717) is 0 Å². The second-order valence-corrected chi connectivity index (χ2v) is 18.6. The van der Waals surface area contributed by atoms with Gasteiger partial charge >= 0.3 is 0 Å². The molecule has 9 aromatic carbocycles. The molecular weight excluding hydrogens is 747 g/mol. The van der Waals surface area contributed by atoms with Gasteiger partial charge in [0.2, 0.25) is 0 Å². The molecule has 62 heavy (non-hydrogen) atoms. The Kier molecular flexibility index (Phi) is 7.97. The lowest BCUT2D eigenvalue weighted by atomic mass is 9.57. The lowest BCUT2D eigenvalue weighted by molar-refractivity contribution is 0.660. The maximum absolute atomic E-state index is 3.90. The highest BCUT2D eigenvalue weighted by atomic mass is 15.2. The van der Waals surface area contributed by atoms with Crippen molar-refractivity contribution in [2.75, 3.05) is 10.2 Å². The zero-order valence-electron chi connectivity index (χ0n) is 35.8. The number of hydrogen-bond acceptors (Lipinski definition) is 2. The first kappa shape index (κ1) is 36.7. The maximum atomic E-state index is 3.90. The minimum atomic E-state index is -0.128. The van der Waals surface area contributed by atoms with E-state index in [1.54, 1.807) is 0 Å². The summed E-state index contributed by atoms with van der Waals surface area (Å²) in [7, 11) is 2.46. The van der Waals surface area contributed by atoms with Crippen LogP contribution in [0.3, 0.4) is 0 Å². The number of nitrogens with one attached hydrogen (secondary N) is 1. The summed E-state index contributed by atoms with van der Waals surface area (Å²) < 4.78 is 0. The molecule has 0 fully saturated rings. The molecule has 0 amide bonds. The zero-order chi connectivity index (χ0) is 41.9. The molecule has 12 rings (SSSR count). The molecule has 3 heteroatoms. The van der Waals surface area contributed by atoms with Crippen LogP contribution in [0.2, 0.25) is 0 Å². The molecule has 1 radical (unpaired) electrons. The minimum Gasteiger partial charge on any atom is -0.355 e. The Hall–Kier alpha value is -7.10. The van der Waals surface area contributed by atoms with Gasteiger partial charge in [-0.05, 0) is 138 Å². The van der Waals surface area contributed by atoms with Crippen LogP contribution in [-0.2, 0) is 10.8 Å². The van der Waals surface area contributed by atoms with Crippen molar-refractivity contribution < 1.29 is 0 Å². The zero-order valence-corrected chi connectivity index (χ0v) is 35.8. The fourth-order valence-electron chi connectivity index (χ4n) is 10.9. The summed E-state index contributed by atoms with van der Waals surface area (Å²) >= 11 is 0. The van der Waals surface area contributed by atoms with E-state index in [1.807, 2.05) is 0 Å². The molecule has 0 saturated heterocycles. The quantitative estimate of drug-likeness (QED) is 0.175. The SMILES string of the molecule is Cc1cc(-c2cc3ccccc3cc2Nc2ccc(-c3ccccc3)cc2)c2c(c1)N(c1ccc3c(c1)C(C)(C)c1ccccc1-3)c1cc3c(cc1[B]2)-c1ccccc1C3(C)C. The summed E-state index contributed by atoms with van der Waals surface area (Å²) in [4.78, 5) is 2.57. The van der Waals surface area contributed by atoms with E-state index >= 15 is 0 Å². The predicted octanol–water partition coefficient (Wildman–Crippen LogP) is 14.3. The standard InChI is InChI=1S/C59H46BN2/c1-36-29-48(47-31-39-17-9-10-18-40(39)32-54(47)61-41-25-23-38(24-26-41)37-15-7-6-8-16-37)57-56(30-36)62(42-27-28-45-43-19-11-13-21-49(43)58(2,3)51(45)33-42)55-35-52-46(34-53(55)60-57)44-20-12-14-22-50(44)59(52,4)5/h6-35,61H,1-5H3. The van der Waals surface area contributed by atoms with Crippen LogP contribution < -0.4 is 21.1 Å². The Bertz CT molecular complexity index is 3300. The summed E-state index contributed by atoms with van der Waals surface area (Å²) in [6, 6.07) is 67.7. The number of hydrogen-bond donors (Lipinski definition) is 1. The number of benzene rings is 9. The number of rotatable bonds is 5. The fraction of sp³-hybridized carbons (Fsp3) is 0.119. The smallest absolute Gasteiger partial charge is 0.197 e. The van der Waals surface area contributed by atoms with Crippen LogP contribution in [0.15, 0.2) is 182 Å². The van der Waals surface area contributed by atoms with Gasteiger partial charge < -0.3 is 10.2 Å². The average Bonchev–Trinajstić information content (AvgIpc) is 3.66. The molecule has 1 N–H and O–H groups in total. The summed E-state index contributed by atoms with van der Waals surface area (Å²) in [5.74, 6) is 0. The van der Waals surface area contributed by atoms with Gasteiger partial charge in [0.15, 0.2) is 7.28 Å². The third kappa shape index (κ3) is 5.51. The molecule has 1 aliphatic heterocycles. The number of anilines is 5. The summed E-state index contributed by atoms with van der Waals surface area (Å²) in [6.07, 6.45) is 0. The third-order valence-corrected chi connectivity index (χ3v) is 14.1. The Morgan fingerprint density at radius 3 is 1.76 bits per heavy atom. The highest BCUT2D eigenvalue weighted by Gasteiger charge is 2.40. The van der Waals surface area contributed by atoms with E-state index in [0.717, 1.165) is 11.4 Å². The van der Waals surface area contributed by atoms with Crippen molar-refractivity contribution in [1.82, 2.24) is 0 Å². The van der Waals surface area contributed by atoms with Crippen molar-refractivity contribution in [2.24, 2.45) is 0 Å². The third-order valence-electron chi connectivity index (χ3n) is 14.1. The van der Waals surface area contributed by atoms with E-state index in [9.17, 15) is 0 Å². The molecule has 0 aromatic heterocycles. The average molecular weight is 794 g/mol.